The minimum absolute atomic E-state index is 0.00787. The highest BCUT2D eigenvalue weighted by atomic mass is 32.2. The number of allylic oxidation sites excluding steroid dienone is 1. The van der Waals surface area contributed by atoms with Crippen LogP contribution in [0.5, 0.6) is 11.5 Å². The number of nitrogens with zero attached hydrogens (tertiary/aromatic N) is 3. The highest BCUT2D eigenvalue weighted by molar-refractivity contribution is 8.18. The van der Waals surface area contributed by atoms with Gasteiger partial charge in [-0.05, 0) is 84.1 Å². The van der Waals surface area contributed by atoms with Gasteiger partial charge in [0.05, 0.1) is 16.4 Å². The molecule has 1 saturated heterocycles. The van der Waals surface area contributed by atoms with E-state index in [-0.39, 0.29) is 29.7 Å². The van der Waals surface area contributed by atoms with Gasteiger partial charge in [-0.2, -0.15) is 0 Å². The summed E-state index contributed by atoms with van der Waals surface area (Å²) in [4.78, 5) is 52.6. The molecule has 5 rings (SSSR count). The Balaban J connectivity index is 1.33. The topological polar surface area (TPSA) is 119 Å². The smallest absolute Gasteiger partial charge is 0.294 e. The number of carbonyl (C=O) groups excluding carboxylic acids is 3. The zero-order valence-corrected chi connectivity index (χ0v) is 25.0. The lowest BCUT2D eigenvalue weighted by Crippen LogP contribution is -2.44. The molecule has 0 aliphatic carbocycles. The molecule has 226 valence electrons. The van der Waals surface area contributed by atoms with E-state index >= 15 is 0 Å². The number of hydrogen-bond donors (Lipinski definition) is 0. The van der Waals surface area contributed by atoms with Crippen molar-refractivity contribution in [2.24, 2.45) is 0 Å². The summed E-state index contributed by atoms with van der Waals surface area (Å²) in [6.07, 6.45) is 4.49. The van der Waals surface area contributed by atoms with E-state index in [1.54, 1.807) is 35.3 Å². The van der Waals surface area contributed by atoms with Gasteiger partial charge < -0.3 is 14.4 Å². The number of hydrogen-bond acceptors (Lipinski definition) is 8. The quantitative estimate of drug-likeness (QED) is 0.113. The first-order chi connectivity index (χ1) is 21.3. The Kier molecular flexibility index (Phi) is 9.44. The van der Waals surface area contributed by atoms with Crippen LogP contribution in [0, 0.1) is 10.1 Å². The number of fused-ring (bicyclic) bond motifs is 1. The zero-order valence-electron chi connectivity index (χ0n) is 24.2. The van der Waals surface area contributed by atoms with Crippen molar-refractivity contribution in [3.05, 3.63) is 116 Å². The standard InChI is InChI=1S/C33H31N3O7S/c1-3-7-25-16-23(17-28(42-4-2)31(25)43-21-22-10-12-27(13-11-22)36(40)41)18-29-32(38)35(33(39)44-29)20-30(37)34-15-14-24-8-5-6-9-26(24)19-34/h3,5-6,8-13,16-18H,1,4,7,14-15,19-21H2,2H3/b29-18-. The molecule has 2 aliphatic rings. The first kappa shape index (κ1) is 30.6. The monoisotopic (exact) mass is 613 g/mol. The molecule has 11 heteroatoms. The van der Waals surface area contributed by atoms with Crippen LogP contribution in [0.4, 0.5) is 10.5 Å². The Bertz CT molecular complexity index is 1650. The van der Waals surface area contributed by atoms with Crippen molar-refractivity contribution in [1.29, 1.82) is 0 Å². The van der Waals surface area contributed by atoms with E-state index in [0.29, 0.717) is 43.2 Å². The van der Waals surface area contributed by atoms with Crippen molar-refractivity contribution < 1.29 is 28.8 Å². The number of nitro groups is 1. The van der Waals surface area contributed by atoms with Crippen LogP contribution in [0.3, 0.4) is 0 Å². The molecule has 2 aliphatic heterocycles. The third-order valence-electron chi connectivity index (χ3n) is 7.30. The molecule has 0 aromatic heterocycles. The first-order valence-electron chi connectivity index (χ1n) is 14.1. The Morgan fingerprint density at radius 3 is 2.55 bits per heavy atom. The molecule has 2 heterocycles. The molecule has 0 N–H and O–H groups in total. The van der Waals surface area contributed by atoms with Gasteiger partial charge in [0.15, 0.2) is 11.5 Å². The predicted octanol–water partition coefficient (Wildman–Crippen LogP) is 5.92. The lowest BCUT2D eigenvalue weighted by Gasteiger charge is -2.29. The lowest BCUT2D eigenvalue weighted by molar-refractivity contribution is -0.384. The summed E-state index contributed by atoms with van der Waals surface area (Å²) in [5, 5.41) is 10.5. The van der Waals surface area contributed by atoms with Crippen LogP contribution in [-0.4, -0.2) is 51.5 Å². The van der Waals surface area contributed by atoms with E-state index in [1.165, 1.54) is 17.7 Å². The fraction of sp³-hybridized carbons (Fsp3) is 0.242. The molecule has 1 fully saturated rings. The van der Waals surface area contributed by atoms with E-state index < -0.39 is 16.1 Å². The third kappa shape index (κ3) is 6.84. The molecule has 44 heavy (non-hydrogen) atoms. The number of benzene rings is 3. The summed E-state index contributed by atoms with van der Waals surface area (Å²) in [7, 11) is 0. The summed E-state index contributed by atoms with van der Waals surface area (Å²) in [5.74, 6) is 0.140. The second kappa shape index (κ2) is 13.6. The molecular weight excluding hydrogens is 582 g/mol. The Hall–Kier alpha value is -4.90. The van der Waals surface area contributed by atoms with Crippen LogP contribution in [0.1, 0.15) is 34.7 Å². The van der Waals surface area contributed by atoms with Crippen LogP contribution in [0.2, 0.25) is 0 Å². The molecule has 0 unspecified atom stereocenters. The van der Waals surface area contributed by atoms with Gasteiger partial charge in [0, 0.05) is 30.8 Å². The Morgan fingerprint density at radius 2 is 1.84 bits per heavy atom. The van der Waals surface area contributed by atoms with Gasteiger partial charge in [0.1, 0.15) is 13.2 Å². The van der Waals surface area contributed by atoms with Crippen LogP contribution in [0.15, 0.2) is 78.2 Å². The SMILES string of the molecule is C=CCc1cc(/C=C2\SC(=O)N(CC(=O)N3CCc4ccccc4C3)C2=O)cc(OCC)c1OCc1ccc([N+](=O)[O-])cc1. The van der Waals surface area contributed by atoms with Gasteiger partial charge in [-0.25, -0.2) is 0 Å². The van der Waals surface area contributed by atoms with Crippen molar-refractivity contribution in [3.63, 3.8) is 0 Å². The van der Waals surface area contributed by atoms with Crippen LogP contribution < -0.4 is 9.47 Å². The third-order valence-corrected chi connectivity index (χ3v) is 8.20. The van der Waals surface area contributed by atoms with Gasteiger partial charge in [-0.15, -0.1) is 6.58 Å². The van der Waals surface area contributed by atoms with E-state index in [2.05, 4.69) is 6.58 Å². The maximum atomic E-state index is 13.3. The van der Waals surface area contributed by atoms with Crippen molar-refractivity contribution in [2.45, 2.75) is 32.9 Å². The molecule has 3 aromatic carbocycles. The minimum atomic E-state index is -0.521. The van der Waals surface area contributed by atoms with Gasteiger partial charge >= 0.3 is 0 Å². The fourth-order valence-electron chi connectivity index (χ4n) is 5.10. The van der Waals surface area contributed by atoms with Crippen LogP contribution in [-0.2, 0) is 35.6 Å². The van der Waals surface area contributed by atoms with E-state index in [4.69, 9.17) is 9.47 Å². The molecule has 10 nitrogen and oxygen atoms in total. The second-order valence-corrected chi connectivity index (χ2v) is 11.2. The van der Waals surface area contributed by atoms with Gasteiger partial charge in [0.2, 0.25) is 5.91 Å². The summed E-state index contributed by atoms with van der Waals surface area (Å²) in [6.45, 7) is 6.85. The Morgan fingerprint density at radius 1 is 1.09 bits per heavy atom. The number of nitro benzene ring substituents is 1. The summed E-state index contributed by atoms with van der Waals surface area (Å²) in [5.41, 5.74) is 4.38. The normalized spacial score (nSPS) is 15.3. The first-order valence-corrected chi connectivity index (χ1v) is 15.0. The number of thioether (sulfide) groups is 1. The van der Waals surface area contributed by atoms with Crippen molar-refractivity contribution >= 4 is 40.6 Å². The summed E-state index contributed by atoms with van der Waals surface area (Å²) >= 11 is 0.795. The molecule has 0 radical (unpaired) electrons. The maximum absolute atomic E-state index is 13.3. The summed E-state index contributed by atoms with van der Waals surface area (Å²) < 4.78 is 12.0. The molecule has 0 atom stereocenters. The van der Waals surface area contributed by atoms with Gasteiger partial charge in [-0.3, -0.25) is 29.4 Å². The van der Waals surface area contributed by atoms with E-state index in [1.807, 2.05) is 37.3 Å². The van der Waals surface area contributed by atoms with Gasteiger partial charge in [-0.1, -0.05) is 30.3 Å². The highest BCUT2D eigenvalue weighted by Crippen LogP contribution is 2.38. The van der Waals surface area contributed by atoms with Crippen molar-refractivity contribution in [2.75, 3.05) is 19.7 Å². The van der Waals surface area contributed by atoms with Crippen molar-refractivity contribution in [3.8, 4) is 11.5 Å². The lowest BCUT2D eigenvalue weighted by atomic mass is 10.00. The second-order valence-electron chi connectivity index (χ2n) is 10.2. The van der Waals surface area contributed by atoms with Crippen LogP contribution in [0.25, 0.3) is 6.08 Å². The highest BCUT2D eigenvalue weighted by Gasteiger charge is 2.37. The molecule has 3 amide bonds. The average molecular weight is 614 g/mol. The van der Waals surface area contributed by atoms with E-state index in [0.717, 1.165) is 39.8 Å². The molecule has 0 saturated carbocycles. The van der Waals surface area contributed by atoms with E-state index in [9.17, 15) is 24.5 Å². The zero-order chi connectivity index (χ0) is 31.2. The molecular formula is C33H31N3O7S. The summed E-state index contributed by atoms with van der Waals surface area (Å²) in [6, 6.07) is 17.6. The average Bonchev–Trinajstić information content (AvgIpc) is 3.28. The number of imide groups is 1. The Labute approximate surface area is 259 Å². The number of ether oxygens (including phenoxy) is 2. The number of carbonyl (C=O) groups is 3. The minimum Gasteiger partial charge on any atom is -0.490 e. The fourth-order valence-corrected chi connectivity index (χ4v) is 5.94. The molecule has 3 aromatic rings. The van der Waals surface area contributed by atoms with Crippen molar-refractivity contribution in [1.82, 2.24) is 9.80 Å². The number of rotatable bonds is 11. The number of amides is 3. The van der Waals surface area contributed by atoms with Gasteiger partial charge in [0.25, 0.3) is 16.8 Å². The molecule has 0 spiro atoms. The van der Waals surface area contributed by atoms with Crippen LogP contribution >= 0.6 is 11.8 Å². The maximum Gasteiger partial charge on any atom is 0.294 e. The largest absolute Gasteiger partial charge is 0.490 e. The predicted molar refractivity (Wildman–Crippen MR) is 167 cm³/mol. The molecule has 0 bridgehead atoms. The number of non-ortho nitro benzene ring substituents is 1.